The number of aliphatic hydroxyl groups is 1. The van der Waals surface area contributed by atoms with Crippen LogP contribution in [0.4, 0.5) is 0 Å². The van der Waals surface area contributed by atoms with E-state index < -0.39 is 17.8 Å². The van der Waals surface area contributed by atoms with Crippen LogP contribution in [0.2, 0.25) is 0 Å². The summed E-state index contributed by atoms with van der Waals surface area (Å²) >= 11 is 0. The van der Waals surface area contributed by atoms with E-state index in [9.17, 15) is 9.59 Å². The van der Waals surface area contributed by atoms with Gasteiger partial charge in [0.05, 0.1) is 31.8 Å². The highest BCUT2D eigenvalue weighted by Gasteiger charge is 2.34. The number of morpholine rings is 1. The molecule has 0 radical (unpaired) electrons. The highest BCUT2D eigenvalue weighted by atomic mass is 16.5. The second kappa shape index (κ2) is 5.97. The molecule has 0 aromatic rings. The zero-order chi connectivity index (χ0) is 13.0. The van der Waals surface area contributed by atoms with Gasteiger partial charge in [0.25, 0.3) is 0 Å². The Hall–Kier alpha value is -1.14. The topological polar surface area (TPSA) is 87.1 Å². The third-order valence-corrected chi connectivity index (χ3v) is 3.25. The summed E-state index contributed by atoms with van der Waals surface area (Å²) in [6.07, 6.45) is 0. The molecule has 0 bridgehead atoms. The van der Waals surface area contributed by atoms with Gasteiger partial charge >= 0.3 is 5.97 Å². The molecule has 1 aliphatic rings. The second-order valence-corrected chi connectivity index (χ2v) is 4.36. The van der Waals surface area contributed by atoms with Crippen molar-refractivity contribution in [3.63, 3.8) is 0 Å². The van der Waals surface area contributed by atoms with Crippen molar-refractivity contribution < 1.29 is 24.5 Å². The highest BCUT2D eigenvalue weighted by Crippen LogP contribution is 2.18. The number of aliphatic hydroxyl groups excluding tert-OH is 1. The van der Waals surface area contributed by atoms with E-state index in [-0.39, 0.29) is 18.6 Å². The van der Waals surface area contributed by atoms with Crippen LogP contribution in [0, 0.1) is 11.8 Å². The lowest BCUT2D eigenvalue weighted by Gasteiger charge is -2.36. The molecular weight excluding hydrogens is 226 g/mol. The van der Waals surface area contributed by atoms with Crippen LogP contribution in [0.15, 0.2) is 0 Å². The number of amides is 1. The number of hydrogen-bond donors (Lipinski definition) is 2. The molecule has 6 nitrogen and oxygen atoms in total. The van der Waals surface area contributed by atoms with Gasteiger partial charge in [-0.25, -0.2) is 0 Å². The number of carbonyl (C=O) groups excluding carboxylic acids is 1. The van der Waals surface area contributed by atoms with E-state index in [4.69, 9.17) is 14.9 Å². The van der Waals surface area contributed by atoms with E-state index in [1.54, 1.807) is 6.92 Å². The molecule has 17 heavy (non-hydrogen) atoms. The Morgan fingerprint density at radius 2 is 2.06 bits per heavy atom. The maximum absolute atomic E-state index is 12.1. The number of ether oxygens (including phenoxy) is 1. The lowest BCUT2D eigenvalue weighted by molar-refractivity contribution is -0.154. The number of carbonyl (C=O) groups is 2. The third kappa shape index (κ3) is 3.17. The number of nitrogens with zero attached hydrogens (tertiary/aromatic N) is 1. The van der Waals surface area contributed by atoms with Crippen LogP contribution in [0.1, 0.15) is 13.8 Å². The van der Waals surface area contributed by atoms with Crippen molar-refractivity contribution in [3.05, 3.63) is 0 Å². The molecule has 1 amide bonds. The van der Waals surface area contributed by atoms with Crippen LogP contribution >= 0.6 is 0 Å². The molecule has 6 heteroatoms. The van der Waals surface area contributed by atoms with E-state index >= 15 is 0 Å². The Morgan fingerprint density at radius 1 is 1.41 bits per heavy atom. The molecule has 1 saturated heterocycles. The quantitative estimate of drug-likeness (QED) is 0.701. The van der Waals surface area contributed by atoms with Crippen LogP contribution in [0.3, 0.4) is 0 Å². The maximum Gasteiger partial charge on any atom is 0.307 e. The predicted octanol–water partition coefficient (Wildman–Crippen LogP) is -0.437. The van der Waals surface area contributed by atoms with Gasteiger partial charge in [-0.2, -0.15) is 0 Å². The first kappa shape index (κ1) is 13.9. The van der Waals surface area contributed by atoms with E-state index in [1.165, 1.54) is 11.8 Å². The lowest BCUT2D eigenvalue weighted by Crippen LogP contribution is -2.53. The molecular formula is C11H19NO5. The zero-order valence-electron chi connectivity index (χ0n) is 10.1. The summed E-state index contributed by atoms with van der Waals surface area (Å²) in [4.78, 5) is 24.5. The number of hydrogen-bond acceptors (Lipinski definition) is 4. The van der Waals surface area contributed by atoms with Gasteiger partial charge in [-0.15, -0.1) is 0 Å². The molecule has 2 N–H and O–H groups in total. The van der Waals surface area contributed by atoms with Gasteiger partial charge in [0.1, 0.15) is 0 Å². The first-order valence-corrected chi connectivity index (χ1v) is 5.71. The number of aliphatic carboxylic acids is 1. The summed E-state index contributed by atoms with van der Waals surface area (Å²) in [6, 6.07) is -0.361. The second-order valence-electron chi connectivity index (χ2n) is 4.36. The van der Waals surface area contributed by atoms with Crippen LogP contribution in [0.5, 0.6) is 0 Å². The third-order valence-electron chi connectivity index (χ3n) is 3.25. The summed E-state index contributed by atoms with van der Waals surface area (Å²) in [5, 5.41) is 18.0. The van der Waals surface area contributed by atoms with Crippen LogP contribution in [-0.2, 0) is 14.3 Å². The molecule has 1 fully saturated rings. The normalized spacial score (nSPS) is 24.2. The molecule has 3 atom stereocenters. The maximum atomic E-state index is 12.1. The molecule has 0 aromatic carbocycles. The summed E-state index contributed by atoms with van der Waals surface area (Å²) < 4.78 is 5.17. The SMILES string of the molecule is CC(C(=O)O)C(C)C(=O)N1CCOCC1CO. The largest absolute Gasteiger partial charge is 0.481 e. The average Bonchev–Trinajstić information content (AvgIpc) is 2.35. The van der Waals surface area contributed by atoms with Gasteiger partial charge in [0, 0.05) is 12.5 Å². The number of carboxylic acids is 1. The molecule has 1 aliphatic heterocycles. The van der Waals surface area contributed by atoms with Crippen molar-refractivity contribution in [3.8, 4) is 0 Å². The van der Waals surface area contributed by atoms with Crippen molar-refractivity contribution in [2.75, 3.05) is 26.4 Å². The first-order valence-electron chi connectivity index (χ1n) is 5.71. The fourth-order valence-electron chi connectivity index (χ4n) is 1.79. The van der Waals surface area contributed by atoms with Crippen LogP contribution in [-0.4, -0.2) is 59.4 Å². The smallest absolute Gasteiger partial charge is 0.307 e. The number of rotatable bonds is 4. The van der Waals surface area contributed by atoms with Gasteiger partial charge in [0.2, 0.25) is 5.91 Å². The van der Waals surface area contributed by atoms with E-state index in [1.807, 2.05) is 0 Å². The van der Waals surface area contributed by atoms with Crippen LogP contribution < -0.4 is 0 Å². The Bertz CT molecular complexity index is 294. The molecule has 1 rings (SSSR count). The van der Waals surface area contributed by atoms with Crippen molar-refractivity contribution in [2.45, 2.75) is 19.9 Å². The van der Waals surface area contributed by atoms with Gasteiger partial charge in [-0.05, 0) is 0 Å². The standard InChI is InChI=1S/C11H19NO5/c1-7(8(2)11(15)16)10(14)12-3-4-17-6-9(12)5-13/h7-9,13H,3-6H2,1-2H3,(H,15,16). The Kier molecular flexibility index (Phi) is 4.89. The summed E-state index contributed by atoms with van der Waals surface area (Å²) in [5.74, 6) is -2.55. The summed E-state index contributed by atoms with van der Waals surface area (Å²) in [7, 11) is 0. The summed E-state index contributed by atoms with van der Waals surface area (Å²) in [5.41, 5.74) is 0. The first-order chi connectivity index (χ1) is 7.99. The molecule has 0 aromatic heterocycles. The molecule has 3 unspecified atom stereocenters. The minimum absolute atomic E-state index is 0.167. The van der Waals surface area contributed by atoms with Gasteiger partial charge in [0.15, 0.2) is 0 Å². The lowest BCUT2D eigenvalue weighted by atomic mass is 9.94. The average molecular weight is 245 g/mol. The van der Waals surface area contributed by atoms with Crippen molar-refractivity contribution in [1.29, 1.82) is 0 Å². The Balaban J connectivity index is 2.70. The molecule has 0 saturated carbocycles. The van der Waals surface area contributed by atoms with Gasteiger partial charge in [-0.1, -0.05) is 13.8 Å². The zero-order valence-corrected chi connectivity index (χ0v) is 10.1. The minimum atomic E-state index is -0.986. The Morgan fingerprint density at radius 3 is 2.59 bits per heavy atom. The van der Waals surface area contributed by atoms with Gasteiger partial charge in [-0.3, -0.25) is 9.59 Å². The molecule has 0 aliphatic carbocycles. The monoisotopic (exact) mass is 245 g/mol. The van der Waals surface area contributed by atoms with Crippen LogP contribution in [0.25, 0.3) is 0 Å². The van der Waals surface area contributed by atoms with Crippen molar-refractivity contribution >= 4 is 11.9 Å². The van der Waals surface area contributed by atoms with Crippen molar-refractivity contribution in [2.24, 2.45) is 11.8 Å². The van der Waals surface area contributed by atoms with E-state index in [0.29, 0.717) is 19.8 Å². The fourth-order valence-corrected chi connectivity index (χ4v) is 1.79. The fraction of sp³-hybridized carbons (Fsp3) is 0.818. The molecule has 1 heterocycles. The molecule has 0 spiro atoms. The predicted molar refractivity (Wildman–Crippen MR) is 59.4 cm³/mol. The number of carboxylic acid groups (broad SMARTS) is 1. The molecule has 98 valence electrons. The van der Waals surface area contributed by atoms with Crippen molar-refractivity contribution in [1.82, 2.24) is 4.90 Å². The van der Waals surface area contributed by atoms with E-state index in [2.05, 4.69) is 0 Å². The van der Waals surface area contributed by atoms with Gasteiger partial charge < -0.3 is 19.8 Å². The van der Waals surface area contributed by atoms with E-state index in [0.717, 1.165) is 0 Å². The summed E-state index contributed by atoms with van der Waals surface area (Å²) in [6.45, 7) is 4.08. The Labute approximate surface area is 100 Å². The minimum Gasteiger partial charge on any atom is -0.481 e. The highest BCUT2D eigenvalue weighted by molar-refractivity contribution is 5.84.